The average molecular weight is 376 g/mol. The molecule has 7 heteroatoms. The van der Waals surface area contributed by atoms with Crippen LogP contribution in [0.15, 0.2) is 11.4 Å². The normalized spacial score (nSPS) is 31.6. The maximum Gasteiger partial charge on any atom is 0.306 e. The van der Waals surface area contributed by atoms with E-state index in [-0.39, 0.29) is 23.6 Å². The van der Waals surface area contributed by atoms with Gasteiger partial charge in [0.1, 0.15) is 5.00 Å². The molecule has 140 valence electrons. The van der Waals surface area contributed by atoms with Gasteiger partial charge < -0.3 is 15.8 Å². The highest BCUT2D eigenvalue weighted by Gasteiger charge is 2.51. The Bertz CT molecular complexity index is 706. The van der Waals surface area contributed by atoms with Gasteiger partial charge >= 0.3 is 5.97 Å². The van der Waals surface area contributed by atoms with Crippen molar-refractivity contribution in [2.24, 2.45) is 28.9 Å². The molecular weight excluding hydrogens is 352 g/mol. The van der Waals surface area contributed by atoms with E-state index in [9.17, 15) is 14.4 Å². The number of thiophene rings is 1. The number of amides is 2. The molecule has 4 saturated carbocycles. The fourth-order valence-electron chi connectivity index (χ4n) is 5.77. The summed E-state index contributed by atoms with van der Waals surface area (Å²) in [6, 6.07) is 1.56. The number of hydrogen-bond acceptors (Lipinski definition) is 5. The second kappa shape index (κ2) is 6.68. The van der Waals surface area contributed by atoms with Gasteiger partial charge in [0.05, 0.1) is 12.0 Å². The van der Waals surface area contributed by atoms with Crippen LogP contribution >= 0.6 is 11.3 Å². The highest BCUT2D eigenvalue weighted by atomic mass is 32.1. The molecule has 0 aliphatic heterocycles. The van der Waals surface area contributed by atoms with E-state index in [4.69, 9.17) is 10.5 Å². The molecule has 4 fully saturated rings. The standard InChI is InChI=1S/C19H24N2O4S/c20-17(24)14-1-2-26-18(14)21-15(22)10-25-16(23)9-19-6-11-3-12(7-19)5-13(4-11)8-19/h1-2,11-13H,3-10H2,(H2,20,24)(H,21,22). The molecule has 4 aliphatic carbocycles. The molecular formula is C19H24N2O4S. The van der Waals surface area contributed by atoms with Crippen molar-refractivity contribution >= 4 is 34.1 Å². The van der Waals surface area contributed by atoms with Crippen LogP contribution in [0, 0.1) is 23.2 Å². The van der Waals surface area contributed by atoms with Crippen LogP contribution in [-0.4, -0.2) is 24.4 Å². The summed E-state index contributed by atoms with van der Waals surface area (Å²) >= 11 is 1.21. The van der Waals surface area contributed by atoms with Crippen molar-refractivity contribution in [3.05, 3.63) is 17.0 Å². The number of primary amides is 1. The van der Waals surface area contributed by atoms with Gasteiger partial charge in [-0.05, 0) is 73.1 Å². The van der Waals surface area contributed by atoms with Crippen molar-refractivity contribution < 1.29 is 19.1 Å². The molecule has 0 unspecified atom stereocenters. The van der Waals surface area contributed by atoms with Gasteiger partial charge in [-0.1, -0.05) is 0 Å². The first-order chi connectivity index (χ1) is 12.4. The lowest BCUT2D eigenvalue weighted by atomic mass is 9.49. The summed E-state index contributed by atoms with van der Waals surface area (Å²) in [6.45, 7) is -0.332. The van der Waals surface area contributed by atoms with Crippen LogP contribution in [0.2, 0.25) is 0 Å². The summed E-state index contributed by atoms with van der Waals surface area (Å²) in [6.07, 6.45) is 7.83. The topological polar surface area (TPSA) is 98.5 Å². The lowest BCUT2D eigenvalue weighted by Gasteiger charge is -2.56. The van der Waals surface area contributed by atoms with Gasteiger partial charge in [-0.3, -0.25) is 14.4 Å². The minimum Gasteiger partial charge on any atom is -0.456 e. The molecule has 26 heavy (non-hydrogen) atoms. The Morgan fingerprint density at radius 3 is 2.35 bits per heavy atom. The smallest absolute Gasteiger partial charge is 0.306 e. The molecule has 2 amide bonds. The highest BCUT2D eigenvalue weighted by Crippen LogP contribution is 2.61. The van der Waals surface area contributed by atoms with Crippen molar-refractivity contribution in [3.8, 4) is 0 Å². The number of nitrogens with two attached hydrogens (primary N) is 1. The largest absolute Gasteiger partial charge is 0.456 e. The van der Waals surface area contributed by atoms with Crippen molar-refractivity contribution in [1.82, 2.24) is 0 Å². The number of hydrogen-bond donors (Lipinski definition) is 2. The van der Waals surface area contributed by atoms with E-state index in [2.05, 4.69) is 5.32 Å². The third-order valence-electron chi connectivity index (χ3n) is 6.23. The summed E-state index contributed by atoms with van der Waals surface area (Å²) in [5.74, 6) is 1.01. The van der Waals surface area contributed by atoms with Crippen molar-refractivity contribution in [3.63, 3.8) is 0 Å². The molecule has 4 bridgehead atoms. The lowest BCUT2D eigenvalue weighted by Crippen LogP contribution is -2.47. The van der Waals surface area contributed by atoms with Crippen LogP contribution in [0.1, 0.15) is 55.3 Å². The van der Waals surface area contributed by atoms with Crippen LogP contribution in [0.25, 0.3) is 0 Å². The number of carbonyl (C=O) groups is 3. The Hall–Kier alpha value is -1.89. The number of nitrogens with one attached hydrogen (secondary N) is 1. The summed E-state index contributed by atoms with van der Waals surface area (Å²) in [7, 11) is 0. The molecule has 4 aliphatic rings. The van der Waals surface area contributed by atoms with Crippen LogP contribution < -0.4 is 11.1 Å². The zero-order chi connectivity index (χ0) is 18.3. The van der Waals surface area contributed by atoms with E-state index in [1.54, 1.807) is 11.4 Å². The molecule has 0 spiro atoms. The minimum absolute atomic E-state index is 0.106. The molecule has 5 rings (SSSR count). The molecule has 0 atom stereocenters. The first-order valence-corrected chi connectivity index (χ1v) is 10.1. The van der Waals surface area contributed by atoms with E-state index in [0.717, 1.165) is 37.0 Å². The van der Waals surface area contributed by atoms with Gasteiger partial charge in [-0.15, -0.1) is 11.3 Å². The summed E-state index contributed by atoms with van der Waals surface area (Å²) in [4.78, 5) is 35.6. The third kappa shape index (κ3) is 3.49. The van der Waals surface area contributed by atoms with Gasteiger partial charge in [0, 0.05) is 0 Å². The SMILES string of the molecule is NC(=O)c1ccsc1NC(=O)COC(=O)CC12CC3CC(CC(C3)C1)C2. The maximum absolute atomic E-state index is 12.3. The Morgan fingerprint density at radius 1 is 1.15 bits per heavy atom. The monoisotopic (exact) mass is 376 g/mol. The zero-order valence-corrected chi connectivity index (χ0v) is 15.5. The van der Waals surface area contributed by atoms with Crippen LogP contribution in [-0.2, 0) is 14.3 Å². The predicted molar refractivity (Wildman–Crippen MR) is 97.6 cm³/mol. The van der Waals surface area contributed by atoms with Gasteiger partial charge in [-0.2, -0.15) is 0 Å². The Morgan fingerprint density at radius 2 is 1.77 bits per heavy atom. The van der Waals surface area contributed by atoms with Crippen molar-refractivity contribution in [2.75, 3.05) is 11.9 Å². The first kappa shape index (κ1) is 17.5. The second-order valence-corrected chi connectivity index (χ2v) is 9.25. The van der Waals surface area contributed by atoms with E-state index < -0.39 is 11.8 Å². The maximum atomic E-state index is 12.3. The van der Waals surface area contributed by atoms with Gasteiger partial charge in [0.15, 0.2) is 6.61 Å². The molecule has 3 N–H and O–H groups in total. The van der Waals surface area contributed by atoms with Gasteiger partial charge in [0.2, 0.25) is 0 Å². The average Bonchev–Trinajstić information content (AvgIpc) is 2.99. The van der Waals surface area contributed by atoms with E-state index in [1.165, 1.54) is 30.6 Å². The number of rotatable bonds is 6. The Kier molecular flexibility index (Phi) is 4.50. The van der Waals surface area contributed by atoms with Gasteiger partial charge in [-0.25, -0.2) is 0 Å². The number of carbonyl (C=O) groups excluding carboxylic acids is 3. The van der Waals surface area contributed by atoms with Crippen LogP contribution in [0.4, 0.5) is 5.00 Å². The van der Waals surface area contributed by atoms with E-state index in [0.29, 0.717) is 11.4 Å². The molecule has 0 saturated heterocycles. The second-order valence-electron chi connectivity index (χ2n) is 8.33. The minimum atomic E-state index is -0.597. The molecule has 1 aromatic rings. The molecule has 6 nitrogen and oxygen atoms in total. The van der Waals surface area contributed by atoms with Crippen molar-refractivity contribution in [1.29, 1.82) is 0 Å². The van der Waals surface area contributed by atoms with Crippen LogP contribution in [0.5, 0.6) is 0 Å². The molecule has 1 heterocycles. The quantitative estimate of drug-likeness (QED) is 0.746. The Labute approximate surface area is 156 Å². The highest BCUT2D eigenvalue weighted by molar-refractivity contribution is 7.14. The first-order valence-electron chi connectivity index (χ1n) is 9.25. The predicted octanol–water partition coefficient (Wildman–Crippen LogP) is 2.94. The number of ether oxygens (including phenoxy) is 1. The van der Waals surface area contributed by atoms with Crippen molar-refractivity contribution in [2.45, 2.75) is 44.9 Å². The summed E-state index contributed by atoms with van der Waals surface area (Å²) in [5, 5.41) is 4.65. The van der Waals surface area contributed by atoms with E-state index >= 15 is 0 Å². The summed E-state index contributed by atoms with van der Waals surface area (Å²) in [5.41, 5.74) is 5.63. The zero-order valence-electron chi connectivity index (χ0n) is 14.7. The van der Waals surface area contributed by atoms with Gasteiger partial charge in [0.25, 0.3) is 11.8 Å². The molecule has 0 radical (unpaired) electrons. The van der Waals surface area contributed by atoms with Crippen LogP contribution in [0.3, 0.4) is 0 Å². The Balaban J connectivity index is 1.28. The fraction of sp³-hybridized carbons (Fsp3) is 0.632. The third-order valence-corrected chi connectivity index (χ3v) is 7.06. The van der Waals surface area contributed by atoms with E-state index in [1.807, 2.05) is 0 Å². The molecule has 0 aromatic carbocycles. The number of esters is 1. The lowest BCUT2D eigenvalue weighted by molar-refractivity contribution is -0.154. The summed E-state index contributed by atoms with van der Waals surface area (Å²) < 4.78 is 5.23. The molecule has 1 aromatic heterocycles. The number of anilines is 1. The fourth-order valence-corrected chi connectivity index (χ4v) is 6.58.